The Balaban J connectivity index is 2.48. The minimum absolute atomic E-state index is 0.00958. The number of rotatable bonds is 4. The molecular weight excluding hydrogens is 252 g/mol. The van der Waals surface area contributed by atoms with Gasteiger partial charge >= 0.3 is 0 Å². The topological polar surface area (TPSA) is 49.4 Å². The van der Waals surface area contributed by atoms with Gasteiger partial charge in [0.15, 0.2) is 0 Å². The Morgan fingerprint density at radius 1 is 1.20 bits per heavy atom. The SMILES string of the molecule is CCC(C)(CC)N1C(=O)CNC(=O)C1c1ccccc1. The van der Waals surface area contributed by atoms with Crippen molar-refractivity contribution in [3.05, 3.63) is 35.9 Å². The Hall–Kier alpha value is -1.84. The van der Waals surface area contributed by atoms with Gasteiger partial charge in [0.1, 0.15) is 6.04 Å². The van der Waals surface area contributed by atoms with Crippen LogP contribution in [-0.2, 0) is 9.59 Å². The first kappa shape index (κ1) is 14.6. The minimum atomic E-state index is -0.526. The van der Waals surface area contributed by atoms with E-state index in [0.29, 0.717) is 0 Å². The summed E-state index contributed by atoms with van der Waals surface area (Å²) in [5.41, 5.74) is 0.571. The Kier molecular flexibility index (Phi) is 4.12. The Morgan fingerprint density at radius 3 is 2.35 bits per heavy atom. The van der Waals surface area contributed by atoms with Gasteiger partial charge in [0.25, 0.3) is 0 Å². The molecule has 0 radical (unpaired) electrons. The third kappa shape index (κ3) is 2.42. The Bertz CT molecular complexity index is 494. The summed E-state index contributed by atoms with van der Waals surface area (Å²) >= 11 is 0. The van der Waals surface area contributed by atoms with Gasteiger partial charge in [-0.3, -0.25) is 9.59 Å². The molecule has 1 atom stereocenters. The number of nitrogens with one attached hydrogen (secondary N) is 1. The molecule has 1 N–H and O–H groups in total. The summed E-state index contributed by atoms with van der Waals surface area (Å²) in [5, 5.41) is 2.70. The average Bonchev–Trinajstić information content (AvgIpc) is 2.49. The van der Waals surface area contributed by atoms with E-state index in [4.69, 9.17) is 0 Å². The summed E-state index contributed by atoms with van der Waals surface area (Å²) in [6.07, 6.45) is 1.65. The van der Waals surface area contributed by atoms with E-state index in [1.54, 1.807) is 4.90 Å². The highest BCUT2D eigenvalue weighted by Crippen LogP contribution is 2.34. The molecule has 108 valence electrons. The van der Waals surface area contributed by atoms with E-state index in [9.17, 15) is 9.59 Å². The maximum Gasteiger partial charge on any atom is 0.247 e. The van der Waals surface area contributed by atoms with Gasteiger partial charge in [0.05, 0.1) is 6.54 Å². The van der Waals surface area contributed by atoms with Crippen LogP contribution in [0.5, 0.6) is 0 Å². The number of hydrogen-bond acceptors (Lipinski definition) is 2. The van der Waals surface area contributed by atoms with Crippen LogP contribution in [0.1, 0.15) is 45.2 Å². The molecule has 2 amide bonds. The van der Waals surface area contributed by atoms with Crippen LogP contribution in [0.2, 0.25) is 0 Å². The number of nitrogens with zero attached hydrogens (tertiary/aromatic N) is 1. The highest BCUT2D eigenvalue weighted by atomic mass is 16.2. The molecule has 0 bridgehead atoms. The predicted octanol–water partition coefficient (Wildman–Crippen LogP) is 2.26. The molecular formula is C16H22N2O2. The van der Waals surface area contributed by atoms with E-state index in [-0.39, 0.29) is 23.9 Å². The molecule has 1 fully saturated rings. The molecule has 4 nitrogen and oxygen atoms in total. The fourth-order valence-corrected chi connectivity index (χ4v) is 2.75. The van der Waals surface area contributed by atoms with Crippen molar-refractivity contribution < 1.29 is 9.59 Å². The number of carbonyl (C=O) groups excluding carboxylic acids is 2. The molecule has 1 aliphatic heterocycles. The lowest BCUT2D eigenvalue weighted by Gasteiger charge is -2.47. The molecule has 1 unspecified atom stereocenters. The van der Waals surface area contributed by atoms with Gasteiger partial charge in [-0.1, -0.05) is 44.2 Å². The summed E-state index contributed by atoms with van der Waals surface area (Å²) in [6, 6.07) is 8.99. The molecule has 4 heteroatoms. The zero-order valence-electron chi connectivity index (χ0n) is 12.3. The highest BCUT2D eigenvalue weighted by molar-refractivity contribution is 5.96. The van der Waals surface area contributed by atoms with Crippen molar-refractivity contribution in [1.82, 2.24) is 10.2 Å². The van der Waals surface area contributed by atoms with Crippen LogP contribution in [-0.4, -0.2) is 28.8 Å². The van der Waals surface area contributed by atoms with E-state index in [0.717, 1.165) is 18.4 Å². The minimum Gasteiger partial charge on any atom is -0.345 e. The van der Waals surface area contributed by atoms with E-state index < -0.39 is 6.04 Å². The van der Waals surface area contributed by atoms with Gasteiger partial charge in [-0.05, 0) is 25.3 Å². The fraction of sp³-hybridized carbons (Fsp3) is 0.500. The lowest BCUT2D eigenvalue weighted by molar-refractivity contribution is -0.153. The van der Waals surface area contributed by atoms with Gasteiger partial charge in [-0.15, -0.1) is 0 Å². The van der Waals surface area contributed by atoms with Crippen LogP contribution < -0.4 is 5.32 Å². The van der Waals surface area contributed by atoms with Gasteiger partial charge in [0, 0.05) is 5.54 Å². The summed E-state index contributed by atoms with van der Waals surface area (Å²) in [7, 11) is 0. The number of carbonyl (C=O) groups is 2. The summed E-state index contributed by atoms with van der Waals surface area (Å²) < 4.78 is 0. The number of benzene rings is 1. The van der Waals surface area contributed by atoms with Crippen LogP contribution >= 0.6 is 0 Å². The summed E-state index contributed by atoms with van der Waals surface area (Å²) in [4.78, 5) is 26.5. The maximum atomic E-state index is 12.4. The summed E-state index contributed by atoms with van der Waals surface area (Å²) in [6.45, 7) is 6.27. The third-order valence-electron chi connectivity index (χ3n) is 4.41. The molecule has 1 aromatic carbocycles. The Morgan fingerprint density at radius 2 is 1.80 bits per heavy atom. The molecule has 0 aliphatic carbocycles. The van der Waals surface area contributed by atoms with Crippen molar-refractivity contribution in [3.8, 4) is 0 Å². The quantitative estimate of drug-likeness (QED) is 0.915. The first-order valence-corrected chi connectivity index (χ1v) is 7.18. The first-order chi connectivity index (χ1) is 9.53. The van der Waals surface area contributed by atoms with Crippen molar-refractivity contribution in [1.29, 1.82) is 0 Å². The molecule has 1 saturated heterocycles. The highest BCUT2D eigenvalue weighted by Gasteiger charge is 2.44. The monoisotopic (exact) mass is 274 g/mol. The van der Waals surface area contributed by atoms with Crippen molar-refractivity contribution in [3.63, 3.8) is 0 Å². The van der Waals surface area contributed by atoms with Crippen molar-refractivity contribution in [2.24, 2.45) is 0 Å². The largest absolute Gasteiger partial charge is 0.345 e. The second kappa shape index (κ2) is 5.65. The van der Waals surface area contributed by atoms with Crippen molar-refractivity contribution in [2.45, 2.75) is 45.2 Å². The molecule has 1 heterocycles. The first-order valence-electron chi connectivity index (χ1n) is 7.18. The Labute approximate surface area is 120 Å². The van der Waals surface area contributed by atoms with Gasteiger partial charge in [-0.2, -0.15) is 0 Å². The lowest BCUT2D eigenvalue weighted by atomic mass is 9.88. The number of hydrogen-bond donors (Lipinski definition) is 1. The van der Waals surface area contributed by atoms with Gasteiger partial charge in [-0.25, -0.2) is 0 Å². The number of piperazine rings is 1. The van der Waals surface area contributed by atoms with Gasteiger partial charge < -0.3 is 10.2 Å². The molecule has 1 aliphatic rings. The fourth-order valence-electron chi connectivity index (χ4n) is 2.75. The zero-order valence-corrected chi connectivity index (χ0v) is 12.3. The van der Waals surface area contributed by atoms with E-state index >= 15 is 0 Å². The molecule has 1 aromatic rings. The normalized spacial score (nSPS) is 19.9. The predicted molar refractivity (Wildman–Crippen MR) is 78.0 cm³/mol. The van der Waals surface area contributed by atoms with Crippen LogP contribution in [0.25, 0.3) is 0 Å². The second-order valence-electron chi connectivity index (χ2n) is 5.50. The molecule has 2 rings (SSSR count). The van der Waals surface area contributed by atoms with Crippen LogP contribution in [0.15, 0.2) is 30.3 Å². The van der Waals surface area contributed by atoms with E-state index in [1.807, 2.05) is 30.3 Å². The van der Waals surface area contributed by atoms with Crippen molar-refractivity contribution in [2.75, 3.05) is 6.54 Å². The van der Waals surface area contributed by atoms with Crippen LogP contribution in [0, 0.1) is 0 Å². The van der Waals surface area contributed by atoms with Crippen LogP contribution in [0.3, 0.4) is 0 Å². The van der Waals surface area contributed by atoms with Crippen molar-refractivity contribution >= 4 is 11.8 Å². The third-order valence-corrected chi connectivity index (χ3v) is 4.41. The van der Waals surface area contributed by atoms with Crippen LogP contribution in [0.4, 0.5) is 0 Å². The lowest BCUT2D eigenvalue weighted by Crippen LogP contribution is -2.61. The zero-order chi connectivity index (χ0) is 14.8. The smallest absolute Gasteiger partial charge is 0.247 e. The van der Waals surface area contributed by atoms with E-state index in [2.05, 4.69) is 26.1 Å². The number of amides is 2. The van der Waals surface area contributed by atoms with E-state index in [1.165, 1.54) is 0 Å². The molecule has 0 saturated carbocycles. The maximum absolute atomic E-state index is 12.4. The molecule has 0 aromatic heterocycles. The molecule has 20 heavy (non-hydrogen) atoms. The molecule has 0 spiro atoms. The van der Waals surface area contributed by atoms with Gasteiger partial charge in [0.2, 0.25) is 11.8 Å². The second-order valence-corrected chi connectivity index (χ2v) is 5.50. The average molecular weight is 274 g/mol. The summed E-state index contributed by atoms with van der Waals surface area (Å²) in [5.74, 6) is -0.103. The standard InChI is InChI=1S/C16H22N2O2/c1-4-16(3,5-2)18-13(19)11-17-15(20)14(18)12-9-7-6-8-10-12/h6-10,14H,4-5,11H2,1-3H3,(H,17,20).